The quantitative estimate of drug-likeness (QED) is 0.549. The van der Waals surface area contributed by atoms with Crippen LogP contribution in [0.3, 0.4) is 0 Å². The van der Waals surface area contributed by atoms with Crippen molar-refractivity contribution in [3.63, 3.8) is 0 Å². The van der Waals surface area contributed by atoms with Crippen LogP contribution in [-0.2, 0) is 21.4 Å². The molecule has 9 heteroatoms. The number of aromatic nitrogens is 2. The maximum absolute atomic E-state index is 12.4. The lowest BCUT2D eigenvalue weighted by atomic mass is 9.84. The van der Waals surface area contributed by atoms with Crippen molar-refractivity contribution in [1.82, 2.24) is 25.3 Å². The molecule has 212 valence electrons. The number of piperidine rings is 2. The Kier molecular flexibility index (Phi) is 7.99. The number of alkyl carbamates (subject to hydrolysis) is 1. The minimum absolute atomic E-state index is 0.201. The molecule has 3 fully saturated rings. The first-order valence-electron chi connectivity index (χ1n) is 14.6. The number of aryl methyl sites for hydroxylation is 1. The zero-order valence-electron chi connectivity index (χ0n) is 23.8. The first-order valence-corrected chi connectivity index (χ1v) is 14.6. The van der Waals surface area contributed by atoms with E-state index in [-0.39, 0.29) is 29.9 Å². The van der Waals surface area contributed by atoms with Crippen molar-refractivity contribution in [2.24, 2.45) is 13.0 Å². The van der Waals surface area contributed by atoms with Gasteiger partial charge in [0, 0.05) is 31.4 Å². The summed E-state index contributed by atoms with van der Waals surface area (Å²) >= 11 is 0. The van der Waals surface area contributed by atoms with Crippen molar-refractivity contribution < 1.29 is 19.1 Å². The molecule has 1 saturated carbocycles. The summed E-state index contributed by atoms with van der Waals surface area (Å²) in [7, 11) is 1.93. The summed E-state index contributed by atoms with van der Waals surface area (Å²) in [6.45, 7) is 9.02. The summed E-state index contributed by atoms with van der Waals surface area (Å²) in [5, 5.41) is 11.2. The highest BCUT2D eigenvalue weighted by molar-refractivity contribution is 6.02. The van der Waals surface area contributed by atoms with Gasteiger partial charge in [-0.3, -0.25) is 19.6 Å². The smallest absolute Gasteiger partial charge is 0.407 e. The number of hydrogen-bond donors (Lipinski definition) is 2. The Bertz CT molecular complexity index is 1220. The third-order valence-corrected chi connectivity index (χ3v) is 8.62. The Balaban J connectivity index is 1.12. The number of benzene rings is 1. The van der Waals surface area contributed by atoms with E-state index >= 15 is 0 Å². The molecule has 3 amide bonds. The zero-order chi connectivity index (χ0) is 27.7. The highest BCUT2D eigenvalue weighted by Crippen LogP contribution is 2.35. The Morgan fingerprint density at radius 2 is 1.79 bits per heavy atom. The Morgan fingerprint density at radius 1 is 1.08 bits per heavy atom. The van der Waals surface area contributed by atoms with Crippen LogP contribution in [0.5, 0.6) is 0 Å². The average Bonchev–Trinajstić information content (AvgIpc) is 3.20. The van der Waals surface area contributed by atoms with Crippen LogP contribution in [-0.4, -0.2) is 63.9 Å². The third-order valence-electron chi connectivity index (χ3n) is 8.62. The number of carbonyl (C=O) groups is 3. The normalized spacial score (nSPS) is 25.5. The summed E-state index contributed by atoms with van der Waals surface area (Å²) in [5.74, 6) is 0.398. The van der Waals surface area contributed by atoms with Crippen molar-refractivity contribution in [3.8, 4) is 0 Å². The van der Waals surface area contributed by atoms with Crippen LogP contribution >= 0.6 is 0 Å². The van der Waals surface area contributed by atoms with Crippen LogP contribution in [0.1, 0.15) is 95.2 Å². The van der Waals surface area contributed by atoms with Crippen LogP contribution in [0.25, 0.3) is 10.9 Å². The lowest BCUT2D eigenvalue weighted by Gasteiger charge is -2.37. The molecule has 3 heterocycles. The molecule has 2 aromatic rings. The van der Waals surface area contributed by atoms with Gasteiger partial charge in [0.1, 0.15) is 5.60 Å². The van der Waals surface area contributed by atoms with E-state index < -0.39 is 5.60 Å². The van der Waals surface area contributed by atoms with Gasteiger partial charge >= 0.3 is 6.09 Å². The van der Waals surface area contributed by atoms with Crippen LogP contribution in [0, 0.1) is 5.92 Å². The number of fused-ring (bicyclic) bond motifs is 1. The van der Waals surface area contributed by atoms with E-state index in [0.717, 1.165) is 74.8 Å². The van der Waals surface area contributed by atoms with Gasteiger partial charge in [-0.25, -0.2) is 4.79 Å². The monoisotopic (exact) mass is 537 g/mol. The largest absolute Gasteiger partial charge is 0.444 e. The van der Waals surface area contributed by atoms with Gasteiger partial charge in [0.15, 0.2) is 0 Å². The molecule has 2 aliphatic heterocycles. The second kappa shape index (κ2) is 11.3. The van der Waals surface area contributed by atoms with Crippen LogP contribution in [0.4, 0.5) is 4.79 Å². The van der Waals surface area contributed by atoms with E-state index in [1.54, 1.807) is 0 Å². The van der Waals surface area contributed by atoms with E-state index in [9.17, 15) is 14.4 Å². The fourth-order valence-electron chi connectivity index (χ4n) is 6.55. The summed E-state index contributed by atoms with van der Waals surface area (Å²) in [4.78, 5) is 38.7. The van der Waals surface area contributed by atoms with E-state index in [2.05, 4.69) is 33.7 Å². The van der Waals surface area contributed by atoms with Crippen LogP contribution in [0.15, 0.2) is 18.2 Å². The molecule has 2 saturated heterocycles. The summed E-state index contributed by atoms with van der Waals surface area (Å²) < 4.78 is 7.29. The van der Waals surface area contributed by atoms with Crippen molar-refractivity contribution >= 4 is 28.8 Å². The standard InChI is InChI=1S/C30H43N5O4/c1-30(2,3)39-29(38)31-22-8-5-19(6-9-22)18-35-15-13-20(14-16-35)21-7-10-23-25(17-21)34(4)33-27(23)24-11-12-26(36)32-28(24)37/h7,10,17,19-20,22,24H,5-6,8-9,11-16,18H2,1-4H3,(H,31,38)(H,32,36,37)/t19-,22-,24?. The number of amides is 3. The Morgan fingerprint density at radius 3 is 2.46 bits per heavy atom. The van der Waals surface area contributed by atoms with Crippen LogP contribution in [0.2, 0.25) is 0 Å². The number of imide groups is 1. The molecule has 2 N–H and O–H groups in total. The molecule has 0 spiro atoms. The number of hydrogen-bond acceptors (Lipinski definition) is 6. The fourth-order valence-corrected chi connectivity index (χ4v) is 6.55. The molecule has 1 aromatic carbocycles. The van der Waals surface area contributed by atoms with Gasteiger partial charge < -0.3 is 15.0 Å². The lowest BCUT2D eigenvalue weighted by molar-refractivity contribution is -0.134. The average molecular weight is 538 g/mol. The SMILES string of the molecule is Cn1nc(C2CCC(=O)NC2=O)c2ccc(C3CCN(C[C@H]4CC[C@H](NC(=O)OC(C)(C)C)CC4)CC3)cc21. The highest BCUT2D eigenvalue weighted by Gasteiger charge is 2.32. The van der Waals surface area contributed by atoms with E-state index in [1.807, 2.05) is 32.5 Å². The highest BCUT2D eigenvalue weighted by atomic mass is 16.6. The van der Waals surface area contributed by atoms with Crippen molar-refractivity contribution in [2.75, 3.05) is 19.6 Å². The molecule has 9 nitrogen and oxygen atoms in total. The molecule has 0 bridgehead atoms. The molecular weight excluding hydrogens is 494 g/mol. The number of rotatable bonds is 5. The number of likely N-dealkylation sites (tertiary alicyclic amines) is 1. The van der Waals surface area contributed by atoms with Crippen LogP contribution < -0.4 is 10.6 Å². The van der Waals surface area contributed by atoms with Gasteiger partial charge in [-0.15, -0.1) is 0 Å². The van der Waals surface area contributed by atoms with Gasteiger partial charge in [0.05, 0.1) is 17.1 Å². The minimum atomic E-state index is -0.463. The predicted molar refractivity (Wildman–Crippen MR) is 149 cm³/mol. The molecule has 1 unspecified atom stereocenters. The first kappa shape index (κ1) is 27.6. The third kappa shape index (κ3) is 6.62. The molecule has 3 aliphatic rings. The van der Waals surface area contributed by atoms with Gasteiger partial charge in [-0.05, 0) is 102 Å². The van der Waals surface area contributed by atoms with Crippen molar-refractivity contribution in [3.05, 3.63) is 29.5 Å². The predicted octanol–water partition coefficient (Wildman–Crippen LogP) is 4.36. The molecule has 5 rings (SSSR count). The molecule has 1 atom stereocenters. The van der Waals surface area contributed by atoms with Gasteiger partial charge in [0.25, 0.3) is 0 Å². The zero-order valence-corrected chi connectivity index (χ0v) is 23.8. The van der Waals surface area contributed by atoms with Crippen molar-refractivity contribution in [1.29, 1.82) is 0 Å². The summed E-state index contributed by atoms with van der Waals surface area (Å²) in [6, 6.07) is 6.79. The molecular formula is C30H43N5O4. The number of ether oxygens (including phenoxy) is 1. The number of carbonyl (C=O) groups excluding carboxylic acids is 3. The fraction of sp³-hybridized carbons (Fsp3) is 0.667. The summed E-state index contributed by atoms with van der Waals surface area (Å²) in [6.07, 6.45) is 7.17. The minimum Gasteiger partial charge on any atom is -0.444 e. The van der Waals surface area contributed by atoms with Gasteiger partial charge in [-0.2, -0.15) is 5.10 Å². The molecule has 1 aliphatic carbocycles. The topological polar surface area (TPSA) is 106 Å². The maximum atomic E-state index is 12.4. The number of nitrogens with zero attached hydrogens (tertiary/aromatic N) is 3. The Labute approximate surface area is 231 Å². The van der Waals surface area contributed by atoms with E-state index in [0.29, 0.717) is 24.7 Å². The lowest BCUT2D eigenvalue weighted by Crippen LogP contribution is -2.43. The first-order chi connectivity index (χ1) is 18.6. The number of nitrogens with one attached hydrogen (secondary N) is 2. The maximum Gasteiger partial charge on any atom is 0.407 e. The second-order valence-electron chi connectivity index (χ2n) is 12.7. The second-order valence-corrected chi connectivity index (χ2v) is 12.7. The molecule has 1 aromatic heterocycles. The van der Waals surface area contributed by atoms with Gasteiger partial charge in [-0.1, -0.05) is 12.1 Å². The molecule has 0 radical (unpaired) electrons. The van der Waals surface area contributed by atoms with Gasteiger partial charge in [0.2, 0.25) is 11.8 Å². The van der Waals surface area contributed by atoms with E-state index in [4.69, 9.17) is 9.84 Å². The molecule has 39 heavy (non-hydrogen) atoms. The van der Waals surface area contributed by atoms with E-state index in [1.165, 1.54) is 5.56 Å². The van der Waals surface area contributed by atoms with Crippen molar-refractivity contribution in [2.45, 2.75) is 95.6 Å². The summed E-state index contributed by atoms with van der Waals surface area (Å²) in [5.41, 5.74) is 2.70. The Hall–Kier alpha value is -2.94.